The molecule has 7 nitrogen and oxygen atoms in total. The molecule has 0 atom stereocenters. The summed E-state index contributed by atoms with van der Waals surface area (Å²) in [6, 6.07) is 4.90. The van der Waals surface area contributed by atoms with Crippen LogP contribution < -0.4 is 16.2 Å². The summed E-state index contributed by atoms with van der Waals surface area (Å²) in [5.74, 6) is 0.638. The van der Waals surface area contributed by atoms with E-state index < -0.39 is 5.91 Å². The SMILES string of the molecule is CC(C)COc1nc(-n2ccc(C(N)=O)n2)ccc1N. The molecule has 2 rings (SSSR count). The monoisotopic (exact) mass is 275 g/mol. The Labute approximate surface area is 116 Å². The van der Waals surface area contributed by atoms with Crippen molar-refractivity contribution < 1.29 is 9.53 Å². The molecule has 0 fully saturated rings. The first-order valence-electron chi connectivity index (χ1n) is 6.22. The van der Waals surface area contributed by atoms with Crippen LogP contribution in [-0.4, -0.2) is 27.3 Å². The first-order chi connectivity index (χ1) is 9.47. The number of carbonyl (C=O) groups is 1. The second kappa shape index (κ2) is 5.60. The van der Waals surface area contributed by atoms with Crippen molar-refractivity contribution in [1.82, 2.24) is 14.8 Å². The number of nitrogens with zero attached hydrogens (tertiary/aromatic N) is 3. The summed E-state index contributed by atoms with van der Waals surface area (Å²) in [6.45, 7) is 4.59. The van der Waals surface area contributed by atoms with Crippen molar-refractivity contribution in [2.75, 3.05) is 12.3 Å². The molecule has 0 unspecified atom stereocenters. The quantitative estimate of drug-likeness (QED) is 0.845. The highest BCUT2D eigenvalue weighted by atomic mass is 16.5. The van der Waals surface area contributed by atoms with Crippen molar-refractivity contribution in [3.05, 3.63) is 30.1 Å². The minimum atomic E-state index is -0.588. The standard InChI is InChI=1S/C13H17N5O2/c1-8(2)7-20-13-9(14)3-4-11(16-13)18-6-5-10(17-18)12(15)19/h3-6,8H,7,14H2,1-2H3,(H2,15,19). The lowest BCUT2D eigenvalue weighted by Crippen LogP contribution is -2.13. The molecule has 2 heterocycles. The Bertz CT molecular complexity index is 621. The number of amides is 1. The molecule has 0 aliphatic heterocycles. The first kappa shape index (κ1) is 13.9. The molecule has 2 aromatic rings. The fourth-order valence-electron chi connectivity index (χ4n) is 1.51. The third-order valence-electron chi connectivity index (χ3n) is 2.50. The maximum Gasteiger partial charge on any atom is 0.269 e. The number of hydrogen-bond acceptors (Lipinski definition) is 5. The van der Waals surface area contributed by atoms with Crippen LogP contribution in [0.2, 0.25) is 0 Å². The average molecular weight is 275 g/mol. The summed E-state index contributed by atoms with van der Waals surface area (Å²) in [5, 5.41) is 4.03. The molecule has 0 radical (unpaired) electrons. The number of ether oxygens (including phenoxy) is 1. The van der Waals surface area contributed by atoms with Crippen LogP contribution in [0.5, 0.6) is 5.88 Å². The second-order valence-electron chi connectivity index (χ2n) is 4.78. The van der Waals surface area contributed by atoms with Crippen molar-refractivity contribution in [3.8, 4) is 11.7 Å². The minimum Gasteiger partial charge on any atom is -0.476 e. The van der Waals surface area contributed by atoms with Crippen LogP contribution in [-0.2, 0) is 0 Å². The van der Waals surface area contributed by atoms with E-state index in [1.807, 2.05) is 13.8 Å². The van der Waals surface area contributed by atoms with Crippen molar-refractivity contribution in [3.63, 3.8) is 0 Å². The molecule has 0 bridgehead atoms. The van der Waals surface area contributed by atoms with Gasteiger partial charge in [0.15, 0.2) is 5.82 Å². The van der Waals surface area contributed by atoms with Gasteiger partial charge in [-0.05, 0) is 24.1 Å². The summed E-state index contributed by atoms with van der Waals surface area (Å²) in [5.41, 5.74) is 11.6. The van der Waals surface area contributed by atoms with Crippen LogP contribution >= 0.6 is 0 Å². The van der Waals surface area contributed by atoms with Crippen LogP contribution in [0.15, 0.2) is 24.4 Å². The lowest BCUT2D eigenvalue weighted by molar-refractivity contribution is 0.0995. The van der Waals surface area contributed by atoms with E-state index in [1.54, 1.807) is 18.3 Å². The van der Waals surface area contributed by atoms with Crippen LogP contribution in [0.4, 0.5) is 5.69 Å². The van der Waals surface area contributed by atoms with E-state index in [9.17, 15) is 4.79 Å². The van der Waals surface area contributed by atoms with E-state index in [0.717, 1.165) is 0 Å². The molecular weight excluding hydrogens is 258 g/mol. The second-order valence-corrected chi connectivity index (χ2v) is 4.78. The molecule has 2 aromatic heterocycles. The van der Waals surface area contributed by atoms with Gasteiger partial charge >= 0.3 is 0 Å². The summed E-state index contributed by atoms with van der Waals surface area (Å²) in [7, 11) is 0. The third kappa shape index (κ3) is 3.05. The summed E-state index contributed by atoms with van der Waals surface area (Å²) >= 11 is 0. The van der Waals surface area contributed by atoms with E-state index >= 15 is 0 Å². The van der Waals surface area contributed by atoms with Crippen molar-refractivity contribution in [2.45, 2.75) is 13.8 Å². The predicted molar refractivity (Wildman–Crippen MR) is 74.6 cm³/mol. The van der Waals surface area contributed by atoms with Crippen LogP contribution in [0.3, 0.4) is 0 Å². The normalized spacial score (nSPS) is 10.8. The maximum absolute atomic E-state index is 11.0. The number of rotatable bonds is 5. The molecule has 0 saturated heterocycles. The smallest absolute Gasteiger partial charge is 0.269 e. The van der Waals surface area contributed by atoms with Gasteiger partial charge in [0.2, 0.25) is 5.88 Å². The largest absolute Gasteiger partial charge is 0.476 e. The molecular formula is C13H17N5O2. The lowest BCUT2D eigenvalue weighted by Gasteiger charge is -2.11. The van der Waals surface area contributed by atoms with Crippen molar-refractivity contribution in [1.29, 1.82) is 0 Å². The van der Waals surface area contributed by atoms with Gasteiger partial charge in [0.1, 0.15) is 5.69 Å². The maximum atomic E-state index is 11.0. The Morgan fingerprint density at radius 1 is 1.40 bits per heavy atom. The summed E-state index contributed by atoms with van der Waals surface area (Å²) in [6.07, 6.45) is 1.60. The molecule has 106 valence electrons. The highest BCUT2D eigenvalue weighted by Gasteiger charge is 2.10. The van der Waals surface area contributed by atoms with Gasteiger partial charge < -0.3 is 16.2 Å². The lowest BCUT2D eigenvalue weighted by atomic mass is 10.2. The van der Waals surface area contributed by atoms with Crippen LogP contribution in [0, 0.1) is 5.92 Å². The van der Waals surface area contributed by atoms with E-state index in [4.69, 9.17) is 16.2 Å². The Hall–Kier alpha value is -2.57. The molecule has 0 saturated carbocycles. The van der Waals surface area contributed by atoms with Crippen molar-refractivity contribution in [2.24, 2.45) is 11.7 Å². The predicted octanol–water partition coefficient (Wildman–Crippen LogP) is 0.983. The fraction of sp³-hybridized carbons (Fsp3) is 0.308. The number of nitrogen functional groups attached to an aromatic ring is 1. The number of pyridine rings is 1. The third-order valence-corrected chi connectivity index (χ3v) is 2.50. The van der Waals surface area contributed by atoms with Gasteiger partial charge in [0, 0.05) is 6.20 Å². The van der Waals surface area contributed by atoms with Crippen LogP contribution in [0.25, 0.3) is 5.82 Å². The molecule has 0 aliphatic rings. The zero-order valence-corrected chi connectivity index (χ0v) is 11.4. The van der Waals surface area contributed by atoms with E-state index in [0.29, 0.717) is 29.9 Å². The van der Waals surface area contributed by atoms with Gasteiger partial charge in [-0.15, -0.1) is 0 Å². The van der Waals surface area contributed by atoms with E-state index in [1.165, 1.54) is 10.7 Å². The van der Waals surface area contributed by atoms with Crippen molar-refractivity contribution >= 4 is 11.6 Å². The number of primary amides is 1. The van der Waals surface area contributed by atoms with Gasteiger partial charge in [-0.3, -0.25) is 4.79 Å². The Morgan fingerprint density at radius 2 is 2.15 bits per heavy atom. The molecule has 0 spiro atoms. The highest BCUT2D eigenvalue weighted by Crippen LogP contribution is 2.20. The van der Waals surface area contributed by atoms with Gasteiger partial charge in [-0.1, -0.05) is 13.8 Å². The first-order valence-corrected chi connectivity index (χ1v) is 6.22. The Balaban J connectivity index is 2.27. The van der Waals surface area contributed by atoms with Gasteiger partial charge in [-0.2, -0.15) is 10.1 Å². The highest BCUT2D eigenvalue weighted by molar-refractivity contribution is 5.90. The zero-order chi connectivity index (χ0) is 14.7. The Morgan fingerprint density at radius 3 is 2.75 bits per heavy atom. The molecule has 0 aliphatic carbocycles. The zero-order valence-electron chi connectivity index (χ0n) is 11.4. The number of aromatic nitrogens is 3. The number of carbonyl (C=O) groups excluding carboxylic acids is 1. The van der Waals surface area contributed by atoms with Gasteiger partial charge in [-0.25, -0.2) is 4.68 Å². The van der Waals surface area contributed by atoms with Gasteiger partial charge in [0.25, 0.3) is 5.91 Å². The molecule has 0 aromatic carbocycles. The average Bonchev–Trinajstić information content (AvgIpc) is 2.87. The van der Waals surface area contributed by atoms with Crippen LogP contribution in [0.1, 0.15) is 24.3 Å². The molecule has 1 amide bonds. The topological polar surface area (TPSA) is 109 Å². The molecule has 7 heteroatoms. The number of hydrogen-bond donors (Lipinski definition) is 2. The van der Waals surface area contributed by atoms with Gasteiger partial charge in [0.05, 0.1) is 12.3 Å². The number of nitrogens with two attached hydrogens (primary N) is 2. The summed E-state index contributed by atoms with van der Waals surface area (Å²) < 4.78 is 6.99. The minimum absolute atomic E-state index is 0.174. The summed E-state index contributed by atoms with van der Waals surface area (Å²) in [4.78, 5) is 15.3. The number of anilines is 1. The van der Waals surface area contributed by atoms with E-state index in [-0.39, 0.29) is 5.69 Å². The molecule has 20 heavy (non-hydrogen) atoms. The fourth-order valence-corrected chi connectivity index (χ4v) is 1.51. The Kier molecular flexibility index (Phi) is 3.88. The molecule has 4 N–H and O–H groups in total. The van der Waals surface area contributed by atoms with E-state index in [2.05, 4.69) is 10.1 Å².